The van der Waals surface area contributed by atoms with Gasteiger partial charge in [-0.05, 0) is 23.7 Å². The first kappa shape index (κ1) is 11.5. The van der Waals surface area contributed by atoms with Crippen LogP contribution in [0.4, 0.5) is 0 Å². The molecule has 0 unspecified atom stereocenters. The van der Waals surface area contributed by atoms with Crippen molar-refractivity contribution in [1.82, 2.24) is 5.32 Å². The third kappa shape index (κ3) is 1.65. The highest BCUT2D eigenvalue weighted by Gasteiger charge is 2.64. The van der Waals surface area contributed by atoms with Crippen molar-refractivity contribution in [2.75, 3.05) is 6.54 Å². The van der Waals surface area contributed by atoms with E-state index in [2.05, 4.69) is 33.0 Å². The Morgan fingerprint density at radius 3 is 2.07 bits per heavy atom. The van der Waals surface area contributed by atoms with Gasteiger partial charge in [-0.2, -0.15) is 0 Å². The maximum Gasteiger partial charge on any atom is 0.236 e. The van der Waals surface area contributed by atoms with Crippen molar-refractivity contribution in [1.29, 1.82) is 0 Å². The molecule has 0 bridgehead atoms. The average molecular weight is 198 g/mol. The topological polar surface area (TPSA) is 55.1 Å². The molecule has 1 aliphatic rings. The summed E-state index contributed by atoms with van der Waals surface area (Å²) in [5, 5.41) is 2.89. The Kier molecular flexibility index (Phi) is 2.65. The van der Waals surface area contributed by atoms with Crippen molar-refractivity contribution in [3.8, 4) is 0 Å². The lowest BCUT2D eigenvalue weighted by molar-refractivity contribution is -0.122. The number of nitrogens with two attached hydrogens (primary N) is 1. The van der Waals surface area contributed by atoms with Crippen molar-refractivity contribution in [2.24, 2.45) is 22.5 Å². The predicted octanol–water partition coefficient (Wildman–Crippen LogP) is 1.13. The van der Waals surface area contributed by atoms with Gasteiger partial charge in [0.15, 0.2) is 0 Å². The molecule has 0 aromatic carbocycles. The second-order valence-electron chi connectivity index (χ2n) is 5.53. The summed E-state index contributed by atoms with van der Waals surface area (Å²) in [6.07, 6.45) is 0. The summed E-state index contributed by atoms with van der Waals surface area (Å²) in [6, 6.07) is -0.403. The molecule has 0 heterocycles. The van der Waals surface area contributed by atoms with Crippen LogP contribution in [-0.4, -0.2) is 18.5 Å². The van der Waals surface area contributed by atoms with Crippen LogP contribution in [0.3, 0.4) is 0 Å². The monoisotopic (exact) mass is 198 g/mol. The fraction of sp³-hybridized carbons (Fsp3) is 0.909. The van der Waals surface area contributed by atoms with Crippen LogP contribution in [0.2, 0.25) is 0 Å². The van der Waals surface area contributed by atoms with E-state index in [1.807, 2.05) is 0 Å². The Labute approximate surface area is 86.4 Å². The SMILES string of the molecule is C[C@@H](N)C(=O)NCC1C(C)(C)C1(C)C. The molecule has 0 radical (unpaired) electrons. The molecule has 82 valence electrons. The van der Waals surface area contributed by atoms with E-state index in [0.717, 1.165) is 6.54 Å². The number of hydrogen-bond acceptors (Lipinski definition) is 2. The molecular formula is C11H22N2O. The van der Waals surface area contributed by atoms with Gasteiger partial charge >= 0.3 is 0 Å². The Bertz CT molecular complexity index is 230. The van der Waals surface area contributed by atoms with Crippen LogP contribution >= 0.6 is 0 Å². The van der Waals surface area contributed by atoms with E-state index in [4.69, 9.17) is 5.73 Å². The number of amides is 1. The molecule has 0 aromatic heterocycles. The zero-order valence-corrected chi connectivity index (χ0v) is 9.85. The van der Waals surface area contributed by atoms with E-state index in [1.165, 1.54) is 0 Å². The number of rotatable bonds is 3. The van der Waals surface area contributed by atoms with Crippen molar-refractivity contribution >= 4 is 5.91 Å². The molecule has 1 amide bonds. The lowest BCUT2D eigenvalue weighted by atomic mass is 10.0. The summed E-state index contributed by atoms with van der Waals surface area (Å²) >= 11 is 0. The highest BCUT2D eigenvalue weighted by atomic mass is 16.2. The molecule has 1 rings (SSSR count). The van der Waals surface area contributed by atoms with Gasteiger partial charge in [-0.1, -0.05) is 27.7 Å². The summed E-state index contributed by atoms with van der Waals surface area (Å²) in [5.41, 5.74) is 6.13. The first-order valence-corrected chi connectivity index (χ1v) is 5.24. The Hall–Kier alpha value is -0.570. The normalized spacial score (nSPS) is 25.6. The lowest BCUT2D eigenvalue weighted by Crippen LogP contribution is -2.39. The van der Waals surface area contributed by atoms with Gasteiger partial charge in [0.25, 0.3) is 0 Å². The minimum Gasteiger partial charge on any atom is -0.354 e. The van der Waals surface area contributed by atoms with Gasteiger partial charge in [0.1, 0.15) is 0 Å². The molecule has 1 fully saturated rings. The Morgan fingerprint density at radius 1 is 1.36 bits per heavy atom. The molecule has 1 aliphatic carbocycles. The van der Waals surface area contributed by atoms with E-state index in [0.29, 0.717) is 16.7 Å². The van der Waals surface area contributed by atoms with Crippen LogP contribution in [0.25, 0.3) is 0 Å². The molecule has 1 atom stereocenters. The quantitative estimate of drug-likeness (QED) is 0.714. The molecule has 1 saturated carbocycles. The van der Waals surface area contributed by atoms with E-state index >= 15 is 0 Å². The largest absolute Gasteiger partial charge is 0.354 e. The zero-order chi connectivity index (χ0) is 11.1. The van der Waals surface area contributed by atoms with Gasteiger partial charge in [0.05, 0.1) is 6.04 Å². The third-order valence-electron chi connectivity index (χ3n) is 4.21. The van der Waals surface area contributed by atoms with E-state index < -0.39 is 6.04 Å². The average Bonchev–Trinajstić information content (AvgIpc) is 2.39. The fourth-order valence-corrected chi connectivity index (χ4v) is 2.21. The minimum atomic E-state index is -0.403. The van der Waals surface area contributed by atoms with Gasteiger partial charge in [-0.25, -0.2) is 0 Å². The van der Waals surface area contributed by atoms with E-state index in [1.54, 1.807) is 6.92 Å². The molecule has 3 nitrogen and oxygen atoms in total. The minimum absolute atomic E-state index is 0.0523. The molecule has 3 heteroatoms. The summed E-state index contributed by atoms with van der Waals surface area (Å²) in [5.74, 6) is 0.515. The molecule has 0 saturated heterocycles. The van der Waals surface area contributed by atoms with Crippen molar-refractivity contribution in [2.45, 2.75) is 40.7 Å². The highest BCUT2D eigenvalue weighted by molar-refractivity contribution is 5.81. The molecule has 3 N–H and O–H groups in total. The van der Waals surface area contributed by atoms with Crippen LogP contribution < -0.4 is 11.1 Å². The second-order valence-corrected chi connectivity index (χ2v) is 5.53. The molecule has 14 heavy (non-hydrogen) atoms. The predicted molar refractivity (Wildman–Crippen MR) is 57.7 cm³/mol. The number of carbonyl (C=O) groups is 1. The summed E-state index contributed by atoms with van der Waals surface area (Å²) in [7, 11) is 0. The third-order valence-corrected chi connectivity index (χ3v) is 4.21. The highest BCUT2D eigenvalue weighted by Crippen LogP contribution is 2.67. The van der Waals surface area contributed by atoms with Crippen LogP contribution in [0.1, 0.15) is 34.6 Å². The maximum absolute atomic E-state index is 11.3. The Morgan fingerprint density at radius 2 is 1.79 bits per heavy atom. The smallest absolute Gasteiger partial charge is 0.236 e. The van der Waals surface area contributed by atoms with E-state index in [9.17, 15) is 4.79 Å². The van der Waals surface area contributed by atoms with Crippen LogP contribution in [0, 0.1) is 16.7 Å². The van der Waals surface area contributed by atoms with Crippen molar-refractivity contribution in [3.05, 3.63) is 0 Å². The molecule has 0 spiro atoms. The van der Waals surface area contributed by atoms with Gasteiger partial charge in [-0.15, -0.1) is 0 Å². The number of hydrogen-bond donors (Lipinski definition) is 2. The van der Waals surface area contributed by atoms with Crippen LogP contribution in [0.15, 0.2) is 0 Å². The van der Waals surface area contributed by atoms with Crippen molar-refractivity contribution < 1.29 is 4.79 Å². The van der Waals surface area contributed by atoms with Gasteiger partial charge in [0.2, 0.25) is 5.91 Å². The van der Waals surface area contributed by atoms with Gasteiger partial charge in [0, 0.05) is 6.54 Å². The van der Waals surface area contributed by atoms with Crippen LogP contribution in [0.5, 0.6) is 0 Å². The first-order chi connectivity index (χ1) is 6.21. The summed E-state index contributed by atoms with van der Waals surface area (Å²) < 4.78 is 0. The number of nitrogens with one attached hydrogen (secondary N) is 1. The van der Waals surface area contributed by atoms with E-state index in [-0.39, 0.29) is 5.91 Å². The second kappa shape index (κ2) is 3.23. The Balaban J connectivity index is 2.40. The standard InChI is InChI=1S/C11H22N2O/c1-7(12)9(14)13-6-8-10(2,3)11(8,4)5/h7-8H,6,12H2,1-5H3,(H,13,14)/t7-/m1/s1. The molecular weight excluding hydrogens is 176 g/mol. The summed E-state index contributed by atoms with van der Waals surface area (Å²) in [4.78, 5) is 11.3. The maximum atomic E-state index is 11.3. The fourth-order valence-electron chi connectivity index (χ4n) is 2.21. The zero-order valence-electron chi connectivity index (χ0n) is 9.85. The molecule has 0 aromatic rings. The first-order valence-electron chi connectivity index (χ1n) is 5.24. The number of carbonyl (C=O) groups excluding carboxylic acids is 1. The van der Waals surface area contributed by atoms with Crippen molar-refractivity contribution in [3.63, 3.8) is 0 Å². The lowest BCUT2D eigenvalue weighted by Gasteiger charge is -2.08. The molecule has 0 aliphatic heterocycles. The van der Waals surface area contributed by atoms with Gasteiger partial charge < -0.3 is 11.1 Å². The van der Waals surface area contributed by atoms with Gasteiger partial charge in [-0.3, -0.25) is 4.79 Å². The van der Waals surface area contributed by atoms with Crippen LogP contribution in [-0.2, 0) is 4.79 Å². The summed E-state index contributed by atoms with van der Waals surface area (Å²) in [6.45, 7) is 11.4.